The SMILES string of the molecule is CCc1cc(=O)n2nc(NCCNS(=O)(=O)c3cccs3)sc2n1. The van der Waals surface area contributed by atoms with Crippen LogP contribution in [0.15, 0.2) is 32.6 Å². The number of nitrogens with zero attached hydrogens (tertiary/aromatic N) is 3. The van der Waals surface area contributed by atoms with Crippen LogP contribution in [-0.4, -0.2) is 36.1 Å². The molecule has 0 saturated heterocycles. The minimum Gasteiger partial charge on any atom is -0.359 e. The number of aryl methyl sites for hydroxylation is 1. The van der Waals surface area contributed by atoms with Crippen LogP contribution in [0.3, 0.4) is 0 Å². The van der Waals surface area contributed by atoms with Crippen molar-refractivity contribution in [3.8, 4) is 0 Å². The number of fused-ring (bicyclic) bond motifs is 1. The average Bonchev–Trinajstić information content (AvgIpc) is 3.21. The van der Waals surface area contributed by atoms with E-state index in [0.29, 0.717) is 23.1 Å². The first-order valence-electron chi connectivity index (χ1n) is 7.16. The predicted molar refractivity (Wildman–Crippen MR) is 94.5 cm³/mol. The molecule has 0 aromatic carbocycles. The molecule has 0 aliphatic heterocycles. The van der Waals surface area contributed by atoms with Gasteiger partial charge < -0.3 is 5.32 Å². The predicted octanol–water partition coefficient (Wildman–Crippen LogP) is 1.17. The molecule has 0 radical (unpaired) electrons. The number of anilines is 1. The minimum absolute atomic E-state index is 0.207. The van der Waals surface area contributed by atoms with E-state index < -0.39 is 10.0 Å². The molecule has 0 amide bonds. The van der Waals surface area contributed by atoms with Crippen LogP contribution in [0.1, 0.15) is 12.6 Å². The molecule has 0 aliphatic rings. The summed E-state index contributed by atoms with van der Waals surface area (Å²) in [6.45, 7) is 2.48. The lowest BCUT2D eigenvalue weighted by Crippen LogP contribution is -2.28. The third-order valence-corrected chi connectivity index (χ3v) is 6.84. The summed E-state index contributed by atoms with van der Waals surface area (Å²) in [6.07, 6.45) is 0.677. The van der Waals surface area contributed by atoms with Crippen LogP contribution < -0.4 is 15.6 Å². The Hall–Kier alpha value is -1.82. The first kappa shape index (κ1) is 17.0. The fourth-order valence-corrected chi connectivity index (χ4v) is 4.87. The molecule has 3 rings (SSSR count). The summed E-state index contributed by atoms with van der Waals surface area (Å²) in [7, 11) is -3.47. The Kier molecular flexibility index (Phi) is 4.94. The third kappa shape index (κ3) is 3.64. The van der Waals surface area contributed by atoms with Crippen LogP contribution in [0, 0.1) is 0 Å². The normalized spacial score (nSPS) is 11.9. The van der Waals surface area contributed by atoms with Gasteiger partial charge in [0.2, 0.25) is 20.1 Å². The van der Waals surface area contributed by atoms with Gasteiger partial charge in [0, 0.05) is 24.8 Å². The second-order valence-electron chi connectivity index (χ2n) is 4.80. The van der Waals surface area contributed by atoms with Crippen molar-refractivity contribution >= 4 is 42.8 Å². The molecule has 0 bridgehead atoms. The number of hydrogen-bond donors (Lipinski definition) is 2. The molecule has 0 saturated carbocycles. The maximum Gasteiger partial charge on any atom is 0.275 e. The van der Waals surface area contributed by atoms with E-state index in [0.717, 1.165) is 17.0 Å². The Morgan fingerprint density at radius 2 is 2.17 bits per heavy atom. The topological polar surface area (TPSA) is 105 Å². The Morgan fingerprint density at radius 1 is 1.33 bits per heavy atom. The van der Waals surface area contributed by atoms with E-state index in [1.807, 2.05) is 6.92 Å². The molecule has 3 heterocycles. The number of thiophene rings is 1. The van der Waals surface area contributed by atoms with Crippen LogP contribution in [0.4, 0.5) is 5.13 Å². The lowest BCUT2D eigenvalue weighted by Gasteiger charge is -2.04. The van der Waals surface area contributed by atoms with Crippen molar-refractivity contribution in [2.75, 3.05) is 18.4 Å². The fourth-order valence-electron chi connectivity index (χ4n) is 1.95. The molecule has 3 aromatic heterocycles. The highest BCUT2D eigenvalue weighted by molar-refractivity contribution is 7.91. The molecule has 11 heteroatoms. The molecule has 24 heavy (non-hydrogen) atoms. The summed E-state index contributed by atoms with van der Waals surface area (Å²) in [5.74, 6) is 0. The molecule has 0 spiro atoms. The van der Waals surface area contributed by atoms with Gasteiger partial charge in [-0.3, -0.25) is 4.79 Å². The highest BCUT2D eigenvalue weighted by Crippen LogP contribution is 2.17. The Labute approximate surface area is 146 Å². The van der Waals surface area contributed by atoms with Gasteiger partial charge in [-0.1, -0.05) is 24.3 Å². The van der Waals surface area contributed by atoms with Gasteiger partial charge in [-0.25, -0.2) is 18.1 Å². The molecule has 128 valence electrons. The number of rotatable bonds is 7. The maximum absolute atomic E-state index is 12.0. The van der Waals surface area contributed by atoms with Gasteiger partial charge in [0.05, 0.1) is 0 Å². The Bertz CT molecular complexity index is 992. The van der Waals surface area contributed by atoms with E-state index in [1.54, 1.807) is 17.5 Å². The highest BCUT2D eigenvalue weighted by Gasteiger charge is 2.14. The first-order chi connectivity index (χ1) is 11.5. The smallest absolute Gasteiger partial charge is 0.275 e. The van der Waals surface area contributed by atoms with Crippen molar-refractivity contribution in [1.82, 2.24) is 19.3 Å². The summed E-state index contributed by atoms with van der Waals surface area (Å²) in [4.78, 5) is 16.8. The molecule has 0 fully saturated rings. The summed E-state index contributed by atoms with van der Waals surface area (Å²) < 4.78 is 28.0. The second-order valence-corrected chi connectivity index (χ2v) is 8.69. The molecular weight excluding hydrogens is 370 g/mol. The van der Waals surface area contributed by atoms with E-state index in [1.165, 1.54) is 21.9 Å². The highest BCUT2D eigenvalue weighted by atomic mass is 32.2. The van der Waals surface area contributed by atoms with Crippen molar-refractivity contribution in [2.24, 2.45) is 0 Å². The zero-order chi connectivity index (χ0) is 17.2. The van der Waals surface area contributed by atoms with Crippen molar-refractivity contribution in [3.63, 3.8) is 0 Å². The zero-order valence-corrected chi connectivity index (χ0v) is 15.2. The van der Waals surface area contributed by atoms with Crippen LogP contribution in [0.2, 0.25) is 0 Å². The van der Waals surface area contributed by atoms with Gasteiger partial charge >= 0.3 is 0 Å². The Morgan fingerprint density at radius 3 is 2.88 bits per heavy atom. The van der Waals surface area contributed by atoms with Gasteiger partial charge in [-0.15, -0.1) is 16.4 Å². The number of sulfonamides is 1. The van der Waals surface area contributed by atoms with Crippen LogP contribution >= 0.6 is 22.7 Å². The van der Waals surface area contributed by atoms with E-state index in [9.17, 15) is 13.2 Å². The Balaban J connectivity index is 1.62. The summed E-state index contributed by atoms with van der Waals surface area (Å²) in [6, 6.07) is 4.71. The molecule has 8 nitrogen and oxygen atoms in total. The van der Waals surface area contributed by atoms with Crippen molar-refractivity contribution in [3.05, 3.63) is 39.6 Å². The van der Waals surface area contributed by atoms with Gasteiger partial charge in [-0.2, -0.15) is 4.52 Å². The summed E-state index contributed by atoms with van der Waals surface area (Å²) in [5.41, 5.74) is 0.499. The minimum atomic E-state index is -3.47. The maximum atomic E-state index is 12.0. The monoisotopic (exact) mass is 385 g/mol. The standard InChI is InChI=1S/C13H15N5O3S3/c1-2-9-8-10(19)18-13(16-9)23-12(17-18)14-5-6-15-24(20,21)11-4-3-7-22-11/h3-4,7-8,15H,2,5-6H2,1H3,(H,14,17). The largest absolute Gasteiger partial charge is 0.359 e. The van der Waals surface area contributed by atoms with Gasteiger partial charge in [-0.05, 0) is 17.9 Å². The van der Waals surface area contributed by atoms with E-state index in [2.05, 4.69) is 20.1 Å². The number of hydrogen-bond acceptors (Lipinski definition) is 8. The summed E-state index contributed by atoms with van der Waals surface area (Å²) in [5, 5.41) is 9.37. The number of nitrogens with one attached hydrogen (secondary N) is 2. The van der Waals surface area contributed by atoms with E-state index in [4.69, 9.17) is 0 Å². The van der Waals surface area contributed by atoms with Gasteiger partial charge in [0.1, 0.15) is 4.21 Å². The van der Waals surface area contributed by atoms with Gasteiger partial charge in [0.25, 0.3) is 5.56 Å². The fraction of sp³-hybridized carbons (Fsp3) is 0.308. The number of aromatic nitrogens is 3. The summed E-state index contributed by atoms with van der Waals surface area (Å²) >= 11 is 2.42. The lowest BCUT2D eigenvalue weighted by atomic mass is 10.3. The van der Waals surface area contributed by atoms with Crippen molar-refractivity contribution in [2.45, 2.75) is 17.6 Å². The van der Waals surface area contributed by atoms with Crippen molar-refractivity contribution < 1.29 is 8.42 Å². The zero-order valence-electron chi connectivity index (χ0n) is 12.7. The second kappa shape index (κ2) is 6.97. The van der Waals surface area contributed by atoms with Crippen LogP contribution in [0.25, 0.3) is 4.96 Å². The molecule has 3 aromatic rings. The third-order valence-electron chi connectivity index (χ3n) is 3.11. The molecule has 0 atom stereocenters. The molecule has 2 N–H and O–H groups in total. The van der Waals surface area contributed by atoms with Gasteiger partial charge in [0.15, 0.2) is 0 Å². The first-order valence-corrected chi connectivity index (χ1v) is 10.3. The van der Waals surface area contributed by atoms with Crippen LogP contribution in [0.5, 0.6) is 0 Å². The van der Waals surface area contributed by atoms with Crippen molar-refractivity contribution in [1.29, 1.82) is 0 Å². The van der Waals surface area contributed by atoms with E-state index >= 15 is 0 Å². The average molecular weight is 385 g/mol. The lowest BCUT2D eigenvalue weighted by molar-refractivity contribution is 0.585. The molecular formula is C13H15N5O3S3. The molecule has 0 unspecified atom stereocenters. The quantitative estimate of drug-likeness (QED) is 0.592. The molecule has 0 aliphatic carbocycles. The van der Waals surface area contributed by atoms with Crippen LogP contribution in [-0.2, 0) is 16.4 Å². The van der Waals surface area contributed by atoms with E-state index in [-0.39, 0.29) is 16.3 Å².